The van der Waals surface area contributed by atoms with Gasteiger partial charge in [0.25, 0.3) is 0 Å². The first-order chi connectivity index (χ1) is 6.91. The molecule has 0 aromatic rings. The largest absolute Gasteiger partial charge is 0.386 e. The molecule has 0 spiro atoms. The van der Waals surface area contributed by atoms with Gasteiger partial charge in [-0.25, -0.2) is 0 Å². The van der Waals surface area contributed by atoms with Crippen LogP contribution in [0.15, 0.2) is 0 Å². The van der Waals surface area contributed by atoms with Crippen molar-refractivity contribution in [1.82, 2.24) is 10.2 Å². The van der Waals surface area contributed by atoms with Gasteiger partial charge < -0.3 is 15.3 Å². The number of likely N-dealkylation sites (tertiary alicyclic amines) is 1. The molecule has 0 aliphatic carbocycles. The Bertz CT molecular complexity index is 219. The molecule has 0 unspecified atom stereocenters. The zero-order valence-corrected chi connectivity index (χ0v) is 9.92. The average Bonchev–Trinajstić information content (AvgIpc) is 2.07. The third-order valence-electron chi connectivity index (χ3n) is 2.54. The third-order valence-corrected chi connectivity index (χ3v) is 2.54. The SMILES string of the molecule is CC(C)NCCCC(=O)N1CC(C)(O)C1. The summed E-state index contributed by atoms with van der Waals surface area (Å²) >= 11 is 0. The van der Waals surface area contributed by atoms with Gasteiger partial charge in [0.1, 0.15) is 0 Å². The fraction of sp³-hybridized carbons (Fsp3) is 0.909. The second kappa shape index (κ2) is 4.94. The molecule has 1 amide bonds. The highest BCUT2D eigenvalue weighted by atomic mass is 16.3. The number of nitrogens with zero attached hydrogens (tertiary/aromatic N) is 1. The van der Waals surface area contributed by atoms with E-state index in [0.29, 0.717) is 25.6 Å². The molecule has 0 bridgehead atoms. The molecule has 0 radical (unpaired) electrons. The minimum atomic E-state index is -0.647. The van der Waals surface area contributed by atoms with E-state index in [1.807, 2.05) is 0 Å². The first kappa shape index (κ1) is 12.5. The Morgan fingerprint density at radius 2 is 2.13 bits per heavy atom. The van der Waals surface area contributed by atoms with E-state index >= 15 is 0 Å². The molecule has 1 aliphatic heterocycles. The summed E-state index contributed by atoms with van der Waals surface area (Å²) in [4.78, 5) is 13.3. The summed E-state index contributed by atoms with van der Waals surface area (Å²) in [6, 6.07) is 0.477. The van der Waals surface area contributed by atoms with E-state index in [0.717, 1.165) is 13.0 Å². The first-order valence-electron chi connectivity index (χ1n) is 5.64. The van der Waals surface area contributed by atoms with Crippen LogP contribution in [0.4, 0.5) is 0 Å². The van der Waals surface area contributed by atoms with Crippen molar-refractivity contribution < 1.29 is 9.90 Å². The average molecular weight is 214 g/mol. The van der Waals surface area contributed by atoms with Gasteiger partial charge in [0.15, 0.2) is 0 Å². The van der Waals surface area contributed by atoms with Gasteiger partial charge in [0, 0.05) is 12.5 Å². The molecule has 0 saturated carbocycles. The summed E-state index contributed by atoms with van der Waals surface area (Å²) in [6.45, 7) is 7.81. The smallest absolute Gasteiger partial charge is 0.222 e. The van der Waals surface area contributed by atoms with Crippen LogP contribution in [0, 0.1) is 0 Å². The second-order valence-electron chi connectivity index (χ2n) is 4.96. The summed E-state index contributed by atoms with van der Waals surface area (Å²) in [5.74, 6) is 0.159. The van der Waals surface area contributed by atoms with E-state index in [2.05, 4.69) is 19.2 Å². The number of carbonyl (C=O) groups excluding carboxylic acids is 1. The molecule has 1 heterocycles. The quantitative estimate of drug-likeness (QED) is 0.650. The van der Waals surface area contributed by atoms with Crippen LogP contribution >= 0.6 is 0 Å². The molecule has 4 heteroatoms. The summed E-state index contributed by atoms with van der Waals surface area (Å²) in [7, 11) is 0. The Hall–Kier alpha value is -0.610. The van der Waals surface area contributed by atoms with Crippen molar-refractivity contribution in [2.24, 2.45) is 0 Å². The molecule has 1 rings (SSSR count). The van der Waals surface area contributed by atoms with Crippen molar-refractivity contribution in [2.45, 2.75) is 45.3 Å². The van der Waals surface area contributed by atoms with Crippen LogP contribution in [-0.4, -0.2) is 47.2 Å². The lowest BCUT2D eigenvalue weighted by atomic mass is 9.96. The van der Waals surface area contributed by atoms with E-state index < -0.39 is 5.60 Å². The van der Waals surface area contributed by atoms with Gasteiger partial charge >= 0.3 is 0 Å². The van der Waals surface area contributed by atoms with Crippen molar-refractivity contribution in [2.75, 3.05) is 19.6 Å². The fourth-order valence-electron chi connectivity index (χ4n) is 1.74. The molecule has 4 nitrogen and oxygen atoms in total. The van der Waals surface area contributed by atoms with Crippen molar-refractivity contribution in [3.63, 3.8) is 0 Å². The Labute approximate surface area is 91.6 Å². The lowest BCUT2D eigenvalue weighted by Gasteiger charge is -2.44. The predicted molar refractivity (Wildman–Crippen MR) is 59.6 cm³/mol. The normalized spacial score (nSPS) is 19.1. The molecule has 88 valence electrons. The van der Waals surface area contributed by atoms with Gasteiger partial charge in [-0.05, 0) is 19.9 Å². The Morgan fingerprint density at radius 1 is 1.53 bits per heavy atom. The minimum Gasteiger partial charge on any atom is -0.386 e. The van der Waals surface area contributed by atoms with Crippen LogP contribution in [0.25, 0.3) is 0 Å². The van der Waals surface area contributed by atoms with E-state index in [9.17, 15) is 9.90 Å². The maximum absolute atomic E-state index is 11.5. The molecule has 0 aromatic carbocycles. The van der Waals surface area contributed by atoms with Crippen molar-refractivity contribution >= 4 is 5.91 Å². The maximum atomic E-state index is 11.5. The van der Waals surface area contributed by atoms with Crippen LogP contribution in [0.2, 0.25) is 0 Å². The lowest BCUT2D eigenvalue weighted by molar-refractivity contribution is -0.152. The Morgan fingerprint density at radius 3 is 2.60 bits per heavy atom. The molecule has 1 saturated heterocycles. The van der Waals surface area contributed by atoms with E-state index in [4.69, 9.17) is 0 Å². The molecular formula is C11H22N2O2. The number of nitrogens with one attached hydrogen (secondary N) is 1. The number of carbonyl (C=O) groups is 1. The molecule has 0 atom stereocenters. The first-order valence-corrected chi connectivity index (χ1v) is 5.64. The van der Waals surface area contributed by atoms with Gasteiger partial charge in [-0.2, -0.15) is 0 Å². The van der Waals surface area contributed by atoms with Gasteiger partial charge in [-0.15, -0.1) is 0 Å². The van der Waals surface area contributed by atoms with Crippen LogP contribution < -0.4 is 5.32 Å². The summed E-state index contributed by atoms with van der Waals surface area (Å²) in [5, 5.41) is 12.7. The third kappa shape index (κ3) is 4.18. The summed E-state index contributed by atoms with van der Waals surface area (Å²) < 4.78 is 0. The zero-order valence-electron chi connectivity index (χ0n) is 9.92. The molecule has 1 aliphatic rings. The van der Waals surface area contributed by atoms with Crippen LogP contribution in [0.3, 0.4) is 0 Å². The Balaban J connectivity index is 2.05. The number of rotatable bonds is 5. The minimum absolute atomic E-state index is 0.159. The molecule has 1 fully saturated rings. The molecule has 0 aromatic heterocycles. The van der Waals surface area contributed by atoms with Crippen LogP contribution in [0.1, 0.15) is 33.6 Å². The van der Waals surface area contributed by atoms with E-state index in [-0.39, 0.29) is 5.91 Å². The molecular weight excluding hydrogens is 192 g/mol. The van der Waals surface area contributed by atoms with Crippen molar-refractivity contribution in [1.29, 1.82) is 0 Å². The van der Waals surface area contributed by atoms with E-state index in [1.54, 1.807) is 11.8 Å². The van der Waals surface area contributed by atoms with Crippen molar-refractivity contribution in [3.8, 4) is 0 Å². The fourth-order valence-corrected chi connectivity index (χ4v) is 1.74. The lowest BCUT2D eigenvalue weighted by Crippen LogP contribution is -2.61. The molecule has 15 heavy (non-hydrogen) atoms. The molecule has 2 N–H and O–H groups in total. The van der Waals surface area contributed by atoms with Crippen molar-refractivity contribution in [3.05, 3.63) is 0 Å². The summed E-state index contributed by atoms with van der Waals surface area (Å²) in [6.07, 6.45) is 1.45. The highest BCUT2D eigenvalue weighted by molar-refractivity contribution is 5.77. The number of amides is 1. The predicted octanol–water partition coefficient (Wildman–Crippen LogP) is 0.358. The maximum Gasteiger partial charge on any atom is 0.222 e. The monoisotopic (exact) mass is 214 g/mol. The summed E-state index contributed by atoms with van der Waals surface area (Å²) in [5.41, 5.74) is -0.647. The van der Waals surface area contributed by atoms with Gasteiger partial charge in [0.05, 0.1) is 18.7 Å². The number of hydrogen-bond acceptors (Lipinski definition) is 3. The van der Waals surface area contributed by atoms with Gasteiger partial charge in [-0.1, -0.05) is 13.8 Å². The van der Waals surface area contributed by atoms with Gasteiger partial charge in [0.2, 0.25) is 5.91 Å². The number of hydrogen-bond donors (Lipinski definition) is 2. The highest BCUT2D eigenvalue weighted by Crippen LogP contribution is 2.20. The zero-order chi connectivity index (χ0) is 11.5. The highest BCUT2D eigenvalue weighted by Gasteiger charge is 2.38. The van der Waals surface area contributed by atoms with Crippen LogP contribution in [-0.2, 0) is 4.79 Å². The number of β-amino-alcohol motifs (C(OH)–C–C–N with tert-alkyl or cyclic N) is 1. The topological polar surface area (TPSA) is 52.6 Å². The van der Waals surface area contributed by atoms with E-state index in [1.165, 1.54) is 0 Å². The second-order valence-corrected chi connectivity index (χ2v) is 4.96. The van der Waals surface area contributed by atoms with Gasteiger partial charge in [-0.3, -0.25) is 4.79 Å². The Kier molecular flexibility index (Phi) is 4.11. The standard InChI is InChI=1S/C11H22N2O2/c1-9(2)12-6-4-5-10(14)13-7-11(3,15)8-13/h9,12,15H,4-8H2,1-3H3. The number of aliphatic hydroxyl groups is 1. The van der Waals surface area contributed by atoms with Crippen LogP contribution in [0.5, 0.6) is 0 Å².